The molecule has 2 unspecified atom stereocenters. The Balaban J connectivity index is 1.51. The Labute approximate surface area is 152 Å². The van der Waals surface area contributed by atoms with Gasteiger partial charge in [-0.3, -0.25) is 0 Å². The Bertz CT molecular complexity index is 637. The van der Waals surface area contributed by atoms with Gasteiger partial charge in [0.1, 0.15) is 0 Å². The van der Waals surface area contributed by atoms with Crippen molar-refractivity contribution in [2.75, 3.05) is 13.7 Å². The maximum absolute atomic E-state index is 5.74. The lowest BCUT2D eigenvalue weighted by Gasteiger charge is -2.65. The van der Waals surface area contributed by atoms with Gasteiger partial charge in [0.15, 0.2) is 11.5 Å². The lowest BCUT2D eigenvalue weighted by molar-refractivity contribution is -0.118. The first-order valence-corrected chi connectivity index (χ1v) is 9.91. The van der Waals surface area contributed by atoms with Crippen LogP contribution in [0.3, 0.4) is 0 Å². The topological polar surface area (TPSA) is 30.5 Å². The van der Waals surface area contributed by atoms with E-state index in [9.17, 15) is 0 Å². The van der Waals surface area contributed by atoms with E-state index in [4.69, 9.17) is 9.47 Å². The fraction of sp³-hybridized carbons (Fsp3) is 0.727. The molecule has 4 fully saturated rings. The zero-order valence-corrected chi connectivity index (χ0v) is 16.3. The highest BCUT2D eigenvalue weighted by Gasteiger charge is 2.59. The number of rotatable bonds is 6. The lowest BCUT2D eigenvalue weighted by atomic mass is 9.43. The third-order valence-corrected chi connectivity index (χ3v) is 6.82. The van der Waals surface area contributed by atoms with Crippen molar-refractivity contribution < 1.29 is 9.47 Å². The summed E-state index contributed by atoms with van der Waals surface area (Å²) in [4.78, 5) is 0. The SMILES string of the molecule is CCOc1cc(CNC23CC4CC(C)(CC(C)(C4)C2)C3)ccc1OC. The summed E-state index contributed by atoms with van der Waals surface area (Å²) < 4.78 is 11.2. The van der Waals surface area contributed by atoms with E-state index in [1.165, 1.54) is 44.1 Å². The highest BCUT2D eigenvalue weighted by molar-refractivity contribution is 5.43. The molecule has 138 valence electrons. The number of benzene rings is 1. The van der Waals surface area contributed by atoms with E-state index in [1.807, 2.05) is 13.0 Å². The number of hydrogen-bond donors (Lipinski definition) is 1. The van der Waals surface area contributed by atoms with Gasteiger partial charge < -0.3 is 14.8 Å². The summed E-state index contributed by atoms with van der Waals surface area (Å²) in [6.45, 7) is 8.67. The Hall–Kier alpha value is -1.22. The number of ether oxygens (including phenoxy) is 2. The number of methoxy groups -OCH3 is 1. The van der Waals surface area contributed by atoms with Crippen molar-refractivity contribution in [3.05, 3.63) is 23.8 Å². The number of hydrogen-bond acceptors (Lipinski definition) is 3. The van der Waals surface area contributed by atoms with Gasteiger partial charge in [0.05, 0.1) is 13.7 Å². The van der Waals surface area contributed by atoms with E-state index >= 15 is 0 Å². The summed E-state index contributed by atoms with van der Waals surface area (Å²) in [6.07, 6.45) is 8.39. The van der Waals surface area contributed by atoms with Crippen molar-refractivity contribution >= 4 is 0 Å². The van der Waals surface area contributed by atoms with Gasteiger partial charge in [-0.15, -0.1) is 0 Å². The van der Waals surface area contributed by atoms with E-state index in [2.05, 4.69) is 31.3 Å². The van der Waals surface area contributed by atoms with Crippen LogP contribution in [0.5, 0.6) is 11.5 Å². The first-order chi connectivity index (χ1) is 11.9. The van der Waals surface area contributed by atoms with E-state index in [1.54, 1.807) is 7.11 Å². The molecule has 1 aromatic carbocycles. The minimum absolute atomic E-state index is 0.342. The molecule has 4 aliphatic carbocycles. The Kier molecular flexibility index (Phi) is 4.06. The van der Waals surface area contributed by atoms with Crippen LogP contribution in [0.4, 0.5) is 0 Å². The second-order valence-corrected chi connectivity index (χ2v) is 9.68. The summed E-state index contributed by atoms with van der Waals surface area (Å²) in [5, 5.41) is 4.00. The maximum atomic E-state index is 5.74. The van der Waals surface area contributed by atoms with Crippen molar-refractivity contribution in [1.82, 2.24) is 5.32 Å². The molecule has 0 radical (unpaired) electrons. The summed E-state index contributed by atoms with van der Waals surface area (Å²) in [7, 11) is 1.70. The van der Waals surface area contributed by atoms with Crippen LogP contribution >= 0.6 is 0 Å². The predicted molar refractivity (Wildman–Crippen MR) is 101 cm³/mol. The molecule has 3 nitrogen and oxygen atoms in total. The minimum atomic E-state index is 0.342. The smallest absolute Gasteiger partial charge is 0.161 e. The van der Waals surface area contributed by atoms with E-state index in [-0.39, 0.29) is 0 Å². The Morgan fingerprint density at radius 1 is 1.04 bits per heavy atom. The van der Waals surface area contributed by atoms with E-state index < -0.39 is 0 Å². The molecule has 4 bridgehead atoms. The fourth-order valence-corrected chi connectivity index (χ4v) is 7.03. The average molecular weight is 344 g/mol. The summed E-state index contributed by atoms with van der Waals surface area (Å²) in [6, 6.07) is 6.34. The normalized spacial score (nSPS) is 38.8. The molecule has 0 amide bonds. The third kappa shape index (κ3) is 3.16. The molecular weight excluding hydrogens is 310 g/mol. The molecule has 0 aliphatic heterocycles. The molecule has 2 atom stereocenters. The lowest BCUT2D eigenvalue weighted by Crippen LogP contribution is -2.63. The second-order valence-electron chi connectivity index (χ2n) is 9.68. The van der Waals surface area contributed by atoms with Gasteiger partial charge in [0.25, 0.3) is 0 Å². The van der Waals surface area contributed by atoms with Crippen LogP contribution in [0.2, 0.25) is 0 Å². The number of nitrogens with one attached hydrogen (secondary N) is 1. The third-order valence-electron chi connectivity index (χ3n) is 6.82. The Morgan fingerprint density at radius 2 is 1.76 bits per heavy atom. The standard InChI is InChI=1S/C22H33NO2/c1-5-25-19-8-16(6-7-18(19)24-4)12-23-22-11-17-9-20(2,14-22)13-21(3,10-17)15-22/h6-8,17,23H,5,9-15H2,1-4H3. The van der Waals surface area contributed by atoms with Crippen LogP contribution in [-0.4, -0.2) is 19.3 Å². The molecule has 5 rings (SSSR count). The highest BCUT2D eigenvalue weighted by Crippen LogP contribution is 2.66. The van der Waals surface area contributed by atoms with Gasteiger partial charge in [-0.1, -0.05) is 19.9 Å². The second kappa shape index (κ2) is 5.90. The van der Waals surface area contributed by atoms with Crippen LogP contribution in [0, 0.1) is 16.7 Å². The van der Waals surface area contributed by atoms with Gasteiger partial charge >= 0.3 is 0 Å². The minimum Gasteiger partial charge on any atom is -0.493 e. The molecule has 4 aliphatic rings. The van der Waals surface area contributed by atoms with Crippen LogP contribution < -0.4 is 14.8 Å². The van der Waals surface area contributed by atoms with Crippen LogP contribution in [0.25, 0.3) is 0 Å². The van der Waals surface area contributed by atoms with E-state index in [0.717, 1.165) is 24.0 Å². The summed E-state index contributed by atoms with van der Waals surface area (Å²) in [5.41, 5.74) is 2.74. The molecule has 25 heavy (non-hydrogen) atoms. The fourth-order valence-electron chi connectivity index (χ4n) is 7.03. The van der Waals surface area contributed by atoms with Crippen LogP contribution in [0.15, 0.2) is 18.2 Å². The zero-order chi connectivity index (χ0) is 17.7. The van der Waals surface area contributed by atoms with Crippen molar-refractivity contribution in [3.63, 3.8) is 0 Å². The van der Waals surface area contributed by atoms with Gasteiger partial charge in [-0.25, -0.2) is 0 Å². The van der Waals surface area contributed by atoms with E-state index in [0.29, 0.717) is 23.0 Å². The van der Waals surface area contributed by atoms with Gasteiger partial charge in [0.2, 0.25) is 0 Å². The van der Waals surface area contributed by atoms with Crippen LogP contribution in [0.1, 0.15) is 64.9 Å². The maximum Gasteiger partial charge on any atom is 0.161 e. The molecule has 4 saturated carbocycles. The van der Waals surface area contributed by atoms with Crippen molar-refractivity contribution in [1.29, 1.82) is 0 Å². The van der Waals surface area contributed by atoms with Gasteiger partial charge in [-0.2, -0.15) is 0 Å². The van der Waals surface area contributed by atoms with Gasteiger partial charge in [-0.05, 0) is 79.9 Å². The molecule has 0 aromatic heterocycles. The largest absolute Gasteiger partial charge is 0.493 e. The molecule has 1 aromatic rings. The summed E-state index contributed by atoms with van der Waals surface area (Å²) in [5.74, 6) is 2.60. The molecule has 0 saturated heterocycles. The zero-order valence-electron chi connectivity index (χ0n) is 16.3. The average Bonchev–Trinajstić information content (AvgIpc) is 2.50. The first kappa shape index (κ1) is 17.2. The van der Waals surface area contributed by atoms with Crippen LogP contribution in [-0.2, 0) is 6.54 Å². The first-order valence-electron chi connectivity index (χ1n) is 9.91. The predicted octanol–water partition coefficient (Wildman–Crippen LogP) is 4.93. The van der Waals surface area contributed by atoms with Crippen molar-refractivity contribution in [2.45, 2.75) is 71.4 Å². The van der Waals surface area contributed by atoms with Crippen molar-refractivity contribution in [3.8, 4) is 11.5 Å². The molecule has 1 N–H and O–H groups in total. The highest BCUT2D eigenvalue weighted by atomic mass is 16.5. The summed E-state index contributed by atoms with van der Waals surface area (Å²) >= 11 is 0. The molecule has 0 heterocycles. The Morgan fingerprint density at radius 3 is 2.36 bits per heavy atom. The van der Waals surface area contributed by atoms with Crippen molar-refractivity contribution in [2.24, 2.45) is 16.7 Å². The quantitative estimate of drug-likeness (QED) is 0.794. The molecule has 0 spiro atoms. The monoisotopic (exact) mass is 343 g/mol. The van der Waals surface area contributed by atoms with Gasteiger partial charge in [0, 0.05) is 12.1 Å². The molecule has 3 heteroatoms. The molecular formula is C22H33NO2.